The first-order valence-corrected chi connectivity index (χ1v) is 5.96. The monoisotopic (exact) mass is 264 g/mol. The van der Waals surface area contributed by atoms with E-state index < -0.39 is 0 Å². The number of aromatic nitrogens is 4. The van der Waals surface area contributed by atoms with Crippen molar-refractivity contribution in [3.8, 4) is 0 Å². The highest BCUT2D eigenvalue weighted by Gasteiger charge is 2.07. The quantitative estimate of drug-likeness (QED) is 0.322. The van der Waals surface area contributed by atoms with E-state index in [1.54, 1.807) is 13.1 Å². The zero-order valence-corrected chi connectivity index (χ0v) is 10.7. The Bertz CT molecular complexity index is 626. The Hall–Kier alpha value is -1.93. The van der Waals surface area contributed by atoms with Crippen LogP contribution in [0.1, 0.15) is 11.3 Å². The number of hydrazine groups is 1. The molecule has 2 aromatic rings. The molecule has 0 aliphatic carbocycles. The average molecular weight is 264 g/mol. The van der Waals surface area contributed by atoms with E-state index in [9.17, 15) is 4.79 Å². The summed E-state index contributed by atoms with van der Waals surface area (Å²) in [5.41, 5.74) is 3.72. The number of aryl methyl sites for hydroxylation is 2. The second kappa shape index (κ2) is 5.15. The van der Waals surface area contributed by atoms with Crippen LogP contribution < -0.4 is 16.8 Å². The van der Waals surface area contributed by atoms with E-state index in [1.807, 2.05) is 6.92 Å². The summed E-state index contributed by atoms with van der Waals surface area (Å²) in [7, 11) is 0. The summed E-state index contributed by atoms with van der Waals surface area (Å²) in [4.78, 5) is 26.4. The van der Waals surface area contributed by atoms with Crippen LogP contribution in [0.3, 0.4) is 0 Å². The normalized spacial score (nSPS) is 10.4. The van der Waals surface area contributed by atoms with Crippen molar-refractivity contribution in [3.05, 3.63) is 33.9 Å². The van der Waals surface area contributed by atoms with Crippen LogP contribution in [-0.4, -0.2) is 19.9 Å². The molecule has 0 amide bonds. The third-order valence-corrected chi connectivity index (χ3v) is 3.09. The highest BCUT2D eigenvalue weighted by atomic mass is 32.2. The summed E-state index contributed by atoms with van der Waals surface area (Å²) in [6, 6.07) is 1.43. The number of nitrogen functional groups attached to an aromatic ring is 1. The highest BCUT2D eigenvalue weighted by molar-refractivity contribution is 7.99. The van der Waals surface area contributed by atoms with Crippen LogP contribution in [0.2, 0.25) is 0 Å². The lowest BCUT2D eigenvalue weighted by molar-refractivity contribution is 0.897. The van der Waals surface area contributed by atoms with Crippen LogP contribution in [0.4, 0.5) is 5.95 Å². The molecule has 18 heavy (non-hydrogen) atoms. The van der Waals surface area contributed by atoms with Crippen molar-refractivity contribution in [2.45, 2.75) is 24.0 Å². The van der Waals surface area contributed by atoms with Gasteiger partial charge in [0.1, 0.15) is 5.03 Å². The van der Waals surface area contributed by atoms with Crippen molar-refractivity contribution in [2.24, 2.45) is 5.84 Å². The molecule has 4 N–H and O–H groups in total. The van der Waals surface area contributed by atoms with Crippen molar-refractivity contribution < 1.29 is 0 Å². The molecule has 0 aliphatic heterocycles. The van der Waals surface area contributed by atoms with Crippen LogP contribution in [0, 0.1) is 13.8 Å². The molecule has 0 saturated carbocycles. The molecule has 0 bridgehead atoms. The van der Waals surface area contributed by atoms with Gasteiger partial charge in [-0.25, -0.2) is 20.8 Å². The molecule has 7 nitrogen and oxygen atoms in total. The second-order valence-corrected chi connectivity index (χ2v) is 4.60. The molecule has 0 unspecified atom stereocenters. The summed E-state index contributed by atoms with van der Waals surface area (Å²) < 4.78 is 0. The van der Waals surface area contributed by atoms with Gasteiger partial charge in [-0.1, -0.05) is 0 Å². The predicted octanol–water partition coefficient (Wildman–Crippen LogP) is 0.614. The predicted molar refractivity (Wildman–Crippen MR) is 68.3 cm³/mol. The highest BCUT2D eigenvalue weighted by Crippen LogP contribution is 2.25. The second-order valence-electron chi connectivity index (χ2n) is 3.62. The molecule has 8 heteroatoms. The molecule has 0 aliphatic rings. The number of H-pyrrole nitrogens is 1. The fourth-order valence-corrected chi connectivity index (χ4v) is 2.16. The Balaban J connectivity index is 2.36. The van der Waals surface area contributed by atoms with Crippen molar-refractivity contribution in [2.75, 3.05) is 5.43 Å². The molecular weight excluding hydrogens is 252 g/mol. The van der Waals surface area contributed by atoms with Gasteiger partial charge in [-0.05, 0) is 25.6 Å². The number of hydrogen-bond donors (Lipinski definition) is 3. The summed E-state index contributed by atoms with van der Waals surface area (Å²) in [6.45, 7) is 3.63. The fourth-order valence-electron chi connectivity index (χ4n) is 1.29. The number of aromatic amines is 1. The minimum atomic E-state index is -0.186. The van der Waals surface area contributed by atoms with Crippen molar-refractivity contribution in [1.29, 1.82) is 0 Å². The maximum Gasteiger partial charge on any atom is 0.251 e. The van der Waals surface area contributed by atoms with E-state index in [0.29, 0.717) is 21.8 Å². The first kappa shape index (κ1) is 12.5. The molecule has 0 atom stereocenters. The third kappa shape index (κ3) is 2.84. The Labute approximate surface area is 107 Å². The van der Waals surface area contributed by atoms with E-state index in [-0.39, 0.29) is 5.56 Å². The van der Waals surface area contributed by atoms with Gasteiger partial charge in [0.15, 0.2) is 5.16 Å². The summed E-state index contributed by atoms with van der Waals surface area (Å²) in [6.07, 6.45) is 1.65. The topological polar surface area (TPSA) is 110 Å². The number of hydrogen-bond acceptors (Lipinski definition) is 7. The number of nitrogens with zero attached hydrogens (tertiary/aromatic N) is 3. The van der Waals surface area contributed by atoms with Gasteiger partial charge in [0.25, 0.3) is 5.56 Å². The number of anilines is 1. The number of rotatable bonds is 3. The van der Waals surface area contributed by atoms with Gasteiger partial charge >= 0.3 is 0 Å². The van der Waals surface area contributed by atoms with Gasteiger partial charge in [0.2, 0.25) is 5.95 Å². The summed E-state index contributed by atoms with van der Waals surface area (Å²) in [5, 5.41) is 1.18. The van der Waals surface area contributed by atoms with Crippen molar-refractivity contribution >= 4 is 17.7 Å². The molecule has 0 spiro atoms. The van der Waals surface area contributed by atoms with Gasteiger partial charge in [-0.2, -0.15) is 0 Å². The Morgan fingerprint density at radius 3 is 2.83 bits per heavy atom. The van der Waals surface area contributed by atoms with Crippen LogP contribution in [0.5, 0.6) is 0 Å². The molecular formula is C10H12N6OS. The maximum atomic E-state index is 11.3. The largest absolute Gasteiger partial charge is 0.301 e. The fraction of sp³-hybridized carbons (Fsp3) is 0.200. The van der Waals surface area contributed by atoms with Gasteiger partial charge in [-0.15, -0.1) is 0 Å². The Kier molecular flexibility index (Phi) is 3.58. The minimum Gasteiger partial charge on any atom is -0.301 e. The Morgan fingerprint density at radius 2 is 2.17 bits per heavy atom. The van der Waals surface area contributed by atoms with Crippen LogP contribution >= 0.6 is 11.8 Å². The smallest absolute Gasteiger partial charge is 0.251 e. The molecule has 0 fully saturated rings. The summed E-state index contributed by atoms with van der Waals surface area (Å²) in [5.74, 6) is 5.57. The average Bonchev–Trinajstić information content (AvgIpc) is 2.30. The molecule has 0 saturated heterocycles. The number of nitrogens with two attached hydrogens (primary N) is 1. The number of nitrogens with one attached hydrogen (secondary N) is 2. The molecule has 2 rings (SSSR count). The van der Waals surface area contributed by atoms with E-state index in [4.69, 9.17) is 5.84 Å². The van der Waals surface area contributed by atoms with Crippen molar-refractivity contribution in [3.63, 3.8) is 0 Å². The summed E-state index contributed by atoms with van der Waals surface area (Å²) >= 11 is 1.26. The van der Waals surface area contributed by atoms with Crippen LogP contribution in [0.25, 0.3) is 0 Å². The minimum absolute atomic E-state index is 0.186. The van der Waals surface area contributed by atoms with Crippen LogP contribution in [0.15, 0.2) is 27.2 Å². The van der Waals surface area contributed by atoms with Crippen LogP contribution in [-0.2, 0) is 0 Å². The van der Waals surface area contributed by atoms with Gasteiger partial charge in [-0.3, -0.25) is 10.2 Å². The first-order valence-electron chi connectivity index (χ1n) is 5.14. The van der Waals surface area contributed by atoms with E-state index in [1.165, 1.54) is 17.8 Å². The zero-order chi connectivity index (χ0) is 13.1. The van der Waals surface area contributed by atoms with Gasteiger partial charge in [0, 0.05) is 23.5 Å². The standard InChI is InChI=1S/C10H12N6OS/c1-5-4-12-9(16-11)15-8(5)18-10-13-6(2)3-7(17)14-10/h3-4H,11H2,1-2H3,(H,12,15,16)(H,13,14,17). The lowest BCUT2D eigenvalue weighted by Crippen LogP contribution is -2.11. The van der Waals surface area contributed by atoms with E-state index >= 15 is 0 Å². The van der Waals surface area contributed by atoms with Gasteiger partial charge in [0.05, 0.1) is 0 Å². The molecule has 0 aromatic carbocycles. The SMILES string of the molecule is Cc1cc(=O)[nH]c(Sc2nc(NN)ncc2C)n1. The lowest BCUT2D eigenvalue weighted by Gasteiger charge is -2.05. The maximum absolute atomic E-state index is 11.3. The molecule has 2 aromatic heterocycles. The van der Waals surface area contributed by atoms with E-state index in [2.05, 4.69) is 25.4 Å². The molecule has 2 heterocycles. The van der Waals surface area contributed by atoms with E-state index in [0.717, 1.165) is 5.56 Å². The Morgan fingerprint density at radius 1 is 1.39 bits per heavy atom. The third-order valence-electron chi connectivity index (χ3n) is 2.10. The first-order chi connectivity index (χ1) is 8.58. The van der Waals surface area contributed by atoms with Gasteiger partial charge < -0.3 is 4.98 Å². The van der Waals surface area contributed by atoms with Crippen molar-refractivity contribution in [1.82, 2.24) is 19.9 Å². The zero-order valence-electron chi connectivity index (χ0n) is 9.89. The lowest BCUT2D eigenvalue weighted by atomic mass is 10.4. The molecule has 0 radical (unpaired) electrons. The molecule has 94 valence electrons.